The number of rotatable bonds is 2. The Bertz CT molecular complexity index is 1040. The van der Waals surface area contributed by atoms with Gasteiger partial charge < -0.3 is 18.9 Å². The molecule has 4 atom stereocenters. The third-order valence-corrected chi connectivity index (χ3v) is 6.16. The van der Waals surface area contributed by atoms with Crippen molar-refractivity contribution in [1.82, 2.24) is 4.90 Å². The number of nitrogens with zero attached hydrogens (tertiary/aromatic N) is 1. The molecule has 2 aromatic carbocycles. The molecule has 2 fully saturated rings. The number of amides is 2. The van der Waals surface area contributed by atoms with E-state index in [9.17, 15) is 9.59 Å². The lowest BCUT2D eigenvalue weighted by atomic mass is 9.93. The van der Waals surface area contributed by atoms with Gasteiger partial charge in [-0.05, 0) is 42.7 Å². The van der Waals surface area contributed by atoms with Crippen LogP contribution in [0.3, 0.4) is 0 Å². The summed E-state index contributed by atoms with van der Waals surface area (Å²) in [7, 11) is 0. The fraction of sp³-hybridized carbons (Fsp3) is 0.391. The van der Waals surface area contributed by atoms with E-state index in [1.54, 1.807) is 24.3 Å². The number of carbonyl (C=O) groups is 2. The summed E-state index contributed by atoms with van der Waals surface area (Å²) in [6.07, 6.45) is -1.31. The summed E-state index contributed by atoms with van der Waals surface area (Å²) in [5.74, 6) is -1.22. The van der Waals surface area contributed by atoms with Gasteiger partial charge in [-0.3, -0.25) is 14.5 Å². The maximum absolute atomic E-state index is 12.7. The Balaban J connectivity index is 1.28. The zero-order valence-electron chi connectivity index (χ0n) is 16.7. The Morgan fingerprint density at radius 3 is 2.47 bits per heavy atom. The Morgan fingerprint density at radius 1 is 1.00 bits per heavy atom. The van der Waals surface area contributed by atoms with Crippen molar-refractivity contribution in [3.05, 3.63) is 70.3 Å². The zero-order valence-corrected chi connectivity index (χ0v) is 16.7. The lowest BCUT2D eigenvalue weighted by Gasteiger charge is -2.31. The predicted octanol–water partition coefficient (Wildman–Crippen LogP) is 2.93. The fourth-order valence-electron chi connectivity index (χ4n) is 4.80. The number of imide groups is 1. The normalized spacial score (nSPS) is 30.8. The van der Waals surface area contributed by atoms with Gasteiger partial charge >= 0.3 is 0 Å². The van der Waals surface area contributed by atoms with E-state index in [0.29, 0.717) is 17.7 Å². The molecule has 0 aromatic heterocycles. The first-order chi connectivity index (χ1) is 14.4. The van der Waals surface area contributed by atoms with Crippen LogP contribution in [0.25, 0.3) is 0 Å². The van der Waals surface area contributed by atoms with Gasteiger partial charge in [0.2, 0.25) is 0 Å². The SMILES string of the molecule is CC1(C)O[C@H]2O[C@@H]3c4cc(CN5C(=O)c6ccccc6C5=O)ccc4CO[C@@H]3[C@H]2O1. The summed E-state index contributed by atoms with van der Waals surface area (Å²) < 4.78 is 24.0. The van der Waals surface area contributed by atoms with Crippen LogP contribution in [0.5, 0.6) is 0 Å². The van der Waals surface area contributed by atoms with Gasteiger partial charge in [-0.2, -0.15) is 0 Å². The van der Waals surface area contributed by atoms with Crippen LogP contribution in [-0.4, -0.2) is 41.0 Å². The first kappa shape index (κ1) is 18.2. The molecule has 30 heavy (non-hydrogen) atoms. The molecule has 2 amide bonds. The van der Waals surface area contributed by atoms with E-state index in [1.807, 2.05) is 32.0 Å². The van der Waals surface area contributed by atoms with Gasteiger partial charge in [0.1, 0.15) is 18.3 Å². The van der Waals surface area contributed by atoms with Crippen molar-refractivity contribution in [2.75, 3.05) is 0 Å². The molecule has 0 radical (unpaired) electrons. The average Bonchev–Trinajstić information content (AvgIpc) is 3.30. The van der Waals surface area contributed by atoms with Gasteiger partial charge in [-0.1, -0.05) is 30.3 Å². The van der Waals surface area contributed by atoms with E-state index in [0.717, 1.165) is 16.7 Å². The van der Waals surface area contributed by atoms with Gasteiger partial charge in [0.25, 0.3) is 11.8 Å². The van der Waals surface area contributed by atoms with Crippen molar-refractivity contribution in [3.8, 4) is 0 Å². The Kier molecular flexibility index (Phi) is 3.77. The summed E-state index contributed by atoms with van der Waals surface area (Å²) in [5, 5.41) is 0. The molecule has 0 aliphatic carbocycles. The molecule has 0 spiro atoms. The van der Waals surface area contributed by atoms with E-state index in [1.165, 1.54) is 4.90 Å². The van der Waals surface area contributed by atoms with Crippen LogP contribution >= 0.6 is 0 Å². The molecule has 4 aliphatic heterocycles. The van der Waals surface area contributed by atoms with E-state index in [4.69, 9.17) is 18.9 Å². The minimum atomic E-state index is -0.697. The smallest absolute Gasteiger partial charge is 0.261 e. The van der Waals surface area contributed by atoms with Crippen molar-refractivity contribution in [3.63, 3.8) is 0 Å². The van der Waals surface area contributed by atoms with Crippen LogP contribution in [0.2, 0.25) is 0 Å². The summed E-state index contributed by atoms with van der Waals surface area (Å²) in [5.41, 5.74) is 3.81. The van der Waals surface area contributed by atoms with Crippen molar-refractivity contribution in [2.24, 2.45) is 0 Å². The lowest BCUT2D eigenvalue weighted by Crippen LogP contribution is -2.36. The van der Waals surface area contributed by atoms with Gasteiger partial charge in [0, 0.05) is 0 Å². The number of carbonyl (C=O) groups excluding carboxylic acids is 2. The van der Waals surface area contributed by atoms with Crippen LogP contribution in [0.1, 0.15) is 57.4 Å². The molecule has 4 aliphatic rings. The molecule has 0 N–H and O–H groups in total. The summed E-state index contributed by atoms with van der Waals surface area (Å²) in [6, 6.07) is 12.8. The molecule has 4 heterocycles. The Hall–Kier alpha value is -2.58. The fourth-order valence-corrected chi connectivity index (χ4v) is 4.80. The monoisotopic (exact) mass is 407 g/mol. The second-order valence-electron chi connectivity index (χ2n) is 8.58. The molecule has 7 nitrogen and oxygen atoms in total. The van der Waals surface area contributed by atoms with Crippen molar-refractivity contribution < 1.29 is 28.5 Å². The van der Waals surface area contributed by atoms with Crippen molar-refractivity contribution in [2.45, 2.75) is 57.4 Å². The van der Waals surface area contributed by atoms with Crippen LogP contribution < -0.4 is 0 Å². The highest BCUT2D eigenvalue weighted by Gasteiger charge is 2.57. The summed E-state index contributed by atoms with van der Waals surface area (Å²) in [4.78, 5) is 26.7. The summed E-state index contributed by atoms with van der Waals surface area (Å²) in [6.45, 7) is 4.40. The zero-order chi connectivity index (χ0) is 20.6. The number of ether oxygens (including phenoxy) is 4. The molecule has 154 valence electrons. The molecule has 0 unspecified atom stereocenters. The first-order valence-corrected chi connectivity index (χ1v) is 10.1. The van der Waals surface area contributed by atoms with Gasteiger partial charge in [-0.25, -0.2) is 0 Å². The van der Waals surface area contributed by atoms with E-state index in [-0.39, 0.29) is 36.7 Å². The topological polar surface area (TPSA) is 74.3 Å². The van der Waals surface area contributed by atoms with E-state index >= 15 is 0 Å². The molecule has 6 rings (SSSR count). The second-order valence-corrected chi connectivity index (χ2v) is 8.58. The highest BCUT2D eigenvalue weighted by molar-refractivity contribution is 6.21. The highest BCUT2D eigenvalue weighted by atomic mass is 16.8. The molecule has 0 bridgehead atoms. The largest absolute Gasteiger partial charge is 0.368 e. The number of fused-ring (bicyclic) bond motifs is 6. The average molecular weight is 407 g/mol. The Morgan fingerprint density at radius 2 is 1.73 bits per heavy atom. The van der Waals surface area contributed by atoms with Crippen molar-refractivity contribution >= 4 is 11.8 Å². The molecular formula is C23H21NO6. The van der Waals surface area contributed by atoms with Crippen LogP contribution in [-0.2, 0) is 32.1 Å². The van der Waals surface area contributed by atoms with Gasteiger partial charge in [-0.15, -0.1) is 0 Å². The molecule has 2 saturated heterocycles. The lowest BCUT2D eigenvalue weighted by molar-refractivity contribution is -0.223. The minimum absolute atomic E-state index is 0.213. The highest BCUT2D eigenvalue weighted by Crippen LogP contribution is 2.47. The minimum Gasteiger partial charge on any atom is -0.368 e. The van der Waals surface area contributed by atoms with E-state index < -0.39 is 12.1 Å². The third-order valence-electron chi connectivity index (χ3n) is 6.16. The van der Waals surface area contributed by atoms with Crippen LogP contribution in [0.15, 0.2) is 42.5 Å². The number of benzene rings is 2. The van der Waals surface area contributed by atoms with Crippen LogP contribution in [0.4, 0.5) is 0 Å². The number of hydrogen-bond acceptors (Lipinski definition) is 6. The van der Waals surface area contributed by atoms with Gasteiger partial charge in [0.05, 0.1) is 24.3 Å². The van der Waals surface area contributed by atoms with Crippen LogP contribution in [0, 0.1) is 0 Å². The standard InChI is InChI=1S/C23H21NO6/c1-23(2)29-19-18-17(28-22(19)30-23)16-9-12(7-8-13(16)11-27-18)10-24-20(25)14-5-3-4-6-15(14)21(24)26/h3-9,17-19,22H,10-11H2,1-2H3/t17-,18+,19-,22-/m1/s1. The molecule has 7 heteroatoms. The second kappa shape index (κ2) is 6.21. The third kappa shape index (κ3) is 2.60. The van der Waals surface area contributed by atoms with Crippen molar-refractivity contribution in [1.29, 1.82) is 0 Å². The maximum atomic E-state index is 12.7. The molecule has 0 saturated carbocycles. The van der Waals surface area contributed by atoms with Gasteiger partial charge in [0.15, 0.2) is 12.1 Å². The maximum Gasteiger partial charge on any atom is 0.261 e. The number of hydrogen-bond donors (Lipinski definition) is 0. The molecule has 2 aromatic rings. The quantitative estimate of drug-likeness (QED) is 0.713. The molecular weight excluding hydrogens is 386 g/mol. The summed E-state index contributed by atoms with van der Waals surface area (Å²) >= 11 is 0. The first-order valence-electron chi connectivity index (χ1n) is 10.1. The van der Waals surface area contributed by atoms with E-state index in [2.05, 4.69) is 0 Å². The Labute approximate surface area is 173 Å². The predicted molar refractivity (Wildman–Crippen MR) is 103 cm³/mol.